The van der Waals surface area contributed by atoms with Crippen molar-refractivity contribution in [3.8, 4) is 0 Å². The quantitative estimate of drug-likeness (QED) is 0.0751. The summed E-state index contributed by atoms with van der Waals surface area (Å²) in [5.74, 6) is -6.35. The third kappa shape index (κ3) is 5.08. The van der Waals surface area contributed by atoms with Crippen LogP contribution in [0.25, 0.3) is 5.78 Å². The molecule has 6 N–H and O–H groups in total. The molecule has 45 heavy (non-hydrogen) atoms. The third-order valence-corrected chi connectivity index (χ3v) is 9.49. The van der Waals surface area contributed by atoms with Gasteiger partial charge in [-0.1, -0.05) is 10.3 Å². The number of nitrogens with one attached hydrogen (secondary N) is 1. The van der Waals surface area contributed by atoms with Crippen molar-refractivity contribution in [1.82, 2.24) is 34.2 Å². The largest absolute Gasteiger partial charge is 0.478 e. The predicted molar refractivity (Wildman–Crippen MR) is 153 cm³/mol. The highest BCUT2D eigenvalue weighted by Crippen LogP contribution is 2.54. The Bertz CT molecular complexity index is 1870. The van der Waals surface area contributed by atoms with Gasteiger partial charge in [-0.05, 0) is 32.7 Å². The van der Waals surface area contributed by atoms with Crippen molar-refractivity contribution >= 4 is 69.6 Å². The second-order valence-electron chi connectivity index (χ2n) is 10.7. The fourth-order valence-electron chi connectivity index (χ4n) is 4.62. The summed E-state index contributed by atoms with van der Waals surface area (Å²) in [5.41, 5.74) is 1.60. The van der Waals surface area contributed by atoms with Crippen LogP contribution in [0.4, 0.5) is 5.13 Å². The number of hydrogen-bond acceptors (Lipinski definition) is 14. The van der Waals surface area contributed by atoms with E-state index >= 15 is 0 Å². The third-order valence-electron chi connectivity index (χ3n) is 7.30. The maximum absolute atomic E-state index is 13.7. The van der Waals surface area contributed by atoms with Crippen LogP contribution >= 0.6 is 23.3 Å². The molecule has 2 aliphatic rings. The molecule has 0 aliphatic carbocycles. The first-order valence-corrected chi connectivity index (χ1v) is 14.6. The minimum Gasteiger partial charge on any atom is -0.478 e. The van der Waals surface area contributed by atoms with Gasteiger partial charge in [0.25, 0.3) is 11.8 Å². The first kappa shape index (κ1) is 31.3. The van der Waals surface area contributed by atoms with Gasteiger partial charge in [0.15, 0.2) is 5.13 Å². The lowest BCUT2D eigenvalue weighted by Gasteiger charge is -2.63. The summed E-state index contributed by atoms with van der Waals surface area (Å²) in [7, 11) is 0. The minimum atomic E-state index is -1.84. The molecular weight excluding hydrogens is 636 g/mol. The number of carboxylic acid groups (broad SMARTS) is 3. The fourth-order valence-corrected chi connectivity index (χ4v) is 6.47. The second kappa shape index (κ2) is 10.8. The number of hydrogen-bond donors (Lipinski definition) is 5. The zero-order valence-corrected chi connectivity index (χ0v) is 25.5. The van der Waals surface area contributed by atoms with Gasteiger partial charge in [0, 0.05) is 28.9 Å². The number of rotatable bonds is 10. The van der Waals surface area contributed by atoms with Crippen LogP contribution in [0.5, 0.6) is 0 Å². The van der Waals surface area contributed by atoms with Crippen molar-refractivity contribution in [2.24, 2.45) is 5.16 Å². The zero-order chi connectivity index (χ0) is 33.1. The van der Waals surface area contributed by atoms with E-state index in [2.05, 4.69) is 29.9 Å². The SMILES string of the molecule is CC(C)(O/N=C(\C(=O)N[C@]1(C)C(=O)N2C(C(=O)O)=C(C[n+]3cccn4nc(C(=O)O)nc43)CS[C@@]21C)c1nsc(N)n1)C(=O)O. The first-order chi connectivity index (χ1) is 21.0. The maximum atomic E-state index is 13.7. The maximum Gasteiger partial charge on any atom is 0.425 e. The molecule has 2 amide bonds. The van der Waals surface area contributed by atoms with Crippen LogP contribution in [-0.4, -0.2) is 101 Å². The molecule has 0 bridgehead atoms. The number of fused-ring (bicyclic) bond motifs is 2. The van der Waals surface area contributed by atoms with Gasteiger partial charge >= 0.3 is 29.5 Å². The number of nitrogens with two attached hydrogens (primary N) is 1. The van der Waals surface area contributed by atoms with Gasteiger partial charge in [0.1, 0.15) is 16.1 Å². The molecule has 0 saturated carbocycles. The molecule has 0 aromatic carbocycles. The number of carbonyl (C=O) groups is 5. The predicted octanol–water partition coefficient (Wildman–Crippen LogP) is -1.05. The minimum absolute atomic E-state index is 0.0162. The Morgan fingerprint density at radius 3 is 2.49 bits per heavy atom. The number of nitrogens with zero attached hydrogens (tertiary/aromatic N) is 8. The summed E-state index contributed by atoms with van der Waals surface area (Å²) < 4.78 is 6.68. The van der Waals surface area contributed by atoms with Gasteiger partial charge in [-0.15, -0.1) is 16.3 Å². The number of aromatic carboxylic acids is 1. The van der Waals surface area contributed by atoms with Gasteiger partial charge in [-0.2, -0.15) is 9.36 Å². The van der Waals surface area contributed by atoms with Gasteiger partial charge in [0.2, 0.25) is 17.1 Å². The van der Waals surface area contributed by atoms with E-state index in [-0.39, 0.29) is 34.7 Å². The number of nitrogen functional groups attached to an aromatic ring is 1. The number of oxime groups is 1. The molecule has 1 saturated heterocycles. The Balaban J connectivity index is 1.47. The molecule has 236 valence electrons. The summed E-state index contributed by atoms with van der Waals surface area (Å²) in [4.78, 5) is 75.5. The van der Waals surface area contributed by atoms with Crippen LogP contribution in [0.2, 0.25) is 0 Å². The van der Waals surface area contributed by atoms with E-state index in [0.29, 0.717) is 5.57 Å². The number of thioether (sulfide) groups is 1. The van der Waals surface area contributed by atoms with Crippen molar-refractivity contribution in [3.63, 3.8) is 0 Å². The Hall–Kier alpha value is -5.18. The number of aliphatic carboxylic acids is 2. The number of carbonyl (C=O) groups excluding carboxylic acids is 2. The van der Waals surface area contributed by atoms with E-state index in [1.54, 1.807) is 19.2 Å². The van der Waals surface area contributed by atoms with Crippen molar-refractivity contribution < 1.29 is 48.7 Å². The van der Waals surface area contributed by atoms with Crippen molar-refractivity contribution in [3.05, 3.63) is 41.4 Å². The lowest BCUT2D eigenvalue weighted by Crippen LogP contribution is -2.85. The topological polar surface area (TPSA) is 269 Å². The summed E-state index contributed by atoms with van der Waals surface area (Å²) in [6, 6.07) is 1.57. The lowest BCUT2D eigenvalue weighted by atomic mass is 9.79. The molecular formula is C24H25N10O9S2+. The monoisotopic (exact) mass is 661 g/mol. The van der Waals surface area contributed by atoms with E-state index in [9.17, 15) is 39.3 Å². The number of β-lactam (4-membered cyclic amide) rings is 1. The van der Waals surface area contributed by atoms with Crippen molar-refractivity contribution in [2.75, 3.05) is 11.5 Å². The summed E-state index contributed by atoms with van der Waals surface area (Å²) in [5, 5.41) is 39.0. The molecule has 0 radical (unpaired) electrons. The van der Waals surface area contributed by atoms with Crippen molar-refractivity contribution in [1.29, 1.82) is 0 Å². The number of amides is 2. The highest BCUT2D eigenvalue weighted by molar-refractivity contribution is 8.01. The highest BCUT2D eigenvalue weighted by atomic mass is 32.2. The number of aromatic nitrogens is 6. The first-order valence-electron chi connectivity index (χ1n) is 12.8. The van der Waals surface area contributed by atoms with E-state index in [1.165, 1.54) is 47.8 Å². The summed E-state index contributed by atoms with van der Waals surface area (Å²) >= 11 is 1.93. The van der Waals surface area contributed by atoms with Crippen LogP contribution < -0.4 is 15.6 Å². The molecule has 2 aliphatic heterocycles. The van der Waals surface area contributed by atoms with Crippen LogP contribution in [-0.2, 0) is 30.6 Å². The van der Waals surface area contributed by atoms with Crippen molar-refractivity contribution in [2.45, 2.75) is 50.3 Å². The molecule has 0 spiro atoms. The normalized spacial score (nSPS) is 21.7. The summed E-state index contributed by atoms with van der Waals surface area (Å²) in [6.45, 7) is 5.35. The molecule has 3 aromatic heterocycles. The highest BCUT2D eigenvalue weighted by Gasteiger charge is 2.71. The van der Waals surface area contributed by atoms with Crippen LogP contribution in [0.15, 0.2) is 34.9 Å². The Labute approximate surface area is 260 Å². The summed E-state index contributed by atoms with van der Waals surface area (Å²) in [6.07, 6.45) is 3.05. The molecule has 0 unspecified atom stereocenters. The van der Waals surface area contributed by atoms with E-state index in [1.807, 2.05) is 0 Å². The molecule has 21 heteroatoms. The second-order valence-corrected chi connectivity index (χ2v) is 12.8. The van der Waals surface area contributed by atoms with Gasteiger partial charge in [-0.3, -0.25) is 14.5 Å². The Kier molecular flexibility index (Phi) is 7.48. The molecule has 19 nitrogen and oxygen atoms in total. The molecule has 1 fully saturated rings. The molecule has 3 aromatic rings. The van der Waals surface area contributed by atoms with Gasteiger partial charge < -0.3 is 31.2 Å². The number of carboxylic acids is 3. The lowest BCUT2D eigenvalue weighted by molar-refractivity contribution is -0.668. The van der Waals surface area contributed by atoms with Gasteiger partial charge in [0.05, 0.1) is 18.9 Å². The average Bonchev–Trinajstić information content (AvgIpc) is 3.60. The molecule has 2 atom stereocenters. The van der Waals surface area contributed by atoms with Gasteiger partial charge in [-0.25, -0.2) is 19.0 Å². The van der Waals surface area contributed by atoms with E-state index in [4.69, 9.17) is 10.6 Å². The Morgan fingerprint density at radius 2 is 1.89 bits per heavy atom. The molecule has 5 heterocycles. The van der Waals surface area contributed by atoms with Crippen LogP contribution in [0.3, 0.4) is 0 Å². The zero-order valence-electron chi connectivity index (χ0n) is 23.9. The Morgan fingerprint density at radius 1 is 1.18 bits per heavy atom. The van der Waals surface area contributed by atoms with Crippen LogP contribution in [0, 0.1) is 0 Å². The fraction of sp³-hybridized carbons (Fsp3) is 0.375. The smallest absolute Gasteiger partial charge is 0.425 e. The van der Waals surface area contributed by atoms with E-state index in [0.717, 1.165) is 16.4 Å². The number of anilines is 1. The average molecular weight is 662 g/mol. The van der Waals surface area contributed by atoms with Crippen LogP contribution in [0.1, 0.15) is 44.1 Å². The molecule has 5 rings (SSSR count). The standard InChI is InChI=1S/C24H24N10O9S2/c1-22(2,19(41)42)43-30-11(13-26-20(25)45-31-13)15(35)28-23(3)18(40)34-12(16(36)37)10(9-44-24(23,34)4)8-32-6-5-7-33-21(32)27-14(29-33)17(38)39/h5-7H,8-9H2,1-4H3,(H5-,25,26,28,31,35,36,37,38,39,41,42)/p+1/b30-11-/t23-,24-/m1/s1. The van der Waals surface area contributed by atoms with E-state index < -0.39 is 57.3 Å².